The molecule has 0 fully saturated rings. The highest BCUT2D eigenvalue weighted by molar-refractivity contribution is 5.81. The van der Waals surface area contributed by atoms with Crippen molar-refractivity contribution in [2.45, 2.75) is 53.2 Å². The first kappa shape index (κ1) is 18.1. The van der Waals surface area contributed by atoms with E-state index in [0.29, 0.717) is 6.42 Å². The highest BCUT2D eigenvalue weighted by atomic mass is 16.5. The molecule has 1 N–H and O–H groups in total. The van der Waals surface area contributed by atoms with Gasteiger partial charge in [0.15, 0.2) is 6.10 Å². The SMILES string of the molecule is CC[C@@H](Oc1ccccc1C)C(=O)N[C@H](C)c1ccc(C)cc1C. The van der Waals surface area contributed by atoms with Gasteiger partial charge in [0.25, 0.3) is 5.91 Å². The average Bonchev–Trinajstić information content (AvgIpc) is 2.53. The summed E-state index contributed by atoms with van der Waals surface area (Å²) < 4.78 is 5.93. The van der Waals surface area contributed by atoms with Gasteiger partial charge in [-0.2, -0.15) is 0 Å². The molecule has 0 spiro atoms. The van der Waals surface area contributed by atoms with Gasteiger partial charge in [0.05, 0.1) is 6.04 Å². The largest absolute Gasteiger partial charge is 0.480 e. The molecular formula is C21H27NO2. The van der Waals surface area contributed by atoms with Crippen LogP contribution in [0.15, 0.2) is 42.5 Å². The van der Waals surface area contributed by atoms with E-state index < -0.39 is 6.10 Å². The molecule has 0 aromatic heterocycles. The van der Waals surface area contributed by atoms with Gasteiger partial charge in [0, 0.05) is 0 Å². The van der Waals surface area contributed by atoms with Crippen molar-refractivity contribution in [1.82, 2.24) is 5.32 Å². The monoisotopic (exact) mass is 325 g/mol. The second-order valence-electron chi connectivity index (χ2n) is 6.37. The molecule has 3 nitrogen and oxygen atoms in total. The Morgan fingerprint density at radius 2 is 1.79 bits per heavy atom. The second kappa shape index (κ2) is 8.00. The van der Waals surface area contributed by atoms with E-state index in [1.54, 1.807) is 0 Å². The van der Waals surface area contributed by atoms with Crippen LogP contribution in [0.5, 0.6) is 5.75 Å². The quantitative estimate of drug-likeness (QED) is 0.840. The van der Waals surface area contributed by atoms with E-state index in [-0.39, 0.29) is 11.9 Å². The number of hydrogen-bond acceptors (Lipinski definition) is 2. The first-order chi connectivity index (χ1) is 11.4. The zero-order valence-corrected chi connectivity index (χ0v) is 15.2. The Bertz CT molecular complexity index is 709. The fourth-order valence-electron chi connectivity index (χ4n) is 2.86. The lowest BCUT2D eigenvalue weighted by atomic mass is 10.00. The van der Waals surface area contributed by atoms with Crippen LogP contribution in [0, 0.1) is 20.8 Å². The van der Waals surface area contributed by atoms with Crippen LogP contribution in [-0.4, -0.2) is 12.0 Å². The zero-order chi connectivity index (χ0) is 17.7. The lowest BCUT2D eigenvalue weighted by Gasteiger charge is -2.22. The molecule has 0 bridgehead atoms. The Morgan fingerprint density at radius 3 is 2.42 bits per heavy atom. The summed E-state index contributed by atoms with van der Waals surface area (Å²) in [6.07, 6.45) is 0.138. The maximum Gasteiger partial charge on any atom is 0.261 e. The lowest BCUT2D eigenvalue weighted by Crippen LogP contribution is -2.39. The van der Waals surface area contributed by atoms with Crippen molar-refractivity contribution in [2.24, 2.45) is 0 Å². The molecule has 2 rings (SSSR count). The van der Waals surface area contributed by atoms with Crippen LogP contribution >= 0.6 is 0 Å². The highest BCUT2D eigenvalue weighted by Gasteiger charge is 2.21. The number of aryl methyl sites for hydroxylation is 3. The Balaban J connectivity index is 2.07. The van der Waals surface area contributed by atoms with Gasteiger partial charge in [-0.1, -0.05) is 48.9 Å². The molecule has 0 aliphatic carbocycles. The summed E-state index contributed by atoms with van der Waals surface area (Å²) >= 11 is 0. The number of hydrogen-bond donors (Lipinski definition) is 1. The standard InChI is InChI=1S/C21H27NO2/c1-6-19(24-20-10-8-7-9-15(20)3)21(23)22-17(5)18-12-11-14(2)13-16(18)4/h7-13,17,19H,6H2,1-5H3,(H,22,23)/t17-,19-/m1/s1. The van der Waals surface area contributed by atoms with Gasteiger partial charge in [0.2, 0.25) is 0 Å². The van der Waals surface area contributed by atoms with Crippen LogP contribution in [0.4, 0.5) is 0 Å². The molecule has 2 atom stereocenters. The van der Waals surface area contributed by atoms with Crippen molar-refractivity contribution in [3.05, 3.63) is 64.7 Å². The summed E-state index contributed by atoms with van der Waals surface area (Å²) in [5, 5.41) is 3.08. The number of ether oxygens (including phenoxy) is 1. The Labute approximate surface area is 145 Å². The number of para-hydroxylation sites is 1. The summed E-state index contributed by atoms with van der Waals surface area (Å²) in [5.74, 6) is 0.687. The van der Waals surface area contributed by atoms with Crippen LogP contribution in [0.3, 0.4) is 0 Å². The van der Waals surface area contributed by atoms with Crippen molar-refractivity contribution in [3.8, 4) is 5.75 Å². The third-order valence-electron chi connectivity index (χ3n) is 4.28. The van der Waals surface area contributed by atoms with Crippen molar-refractivity contribution in [2.75, 3.05) is 0 Å². The van der Waals surface area contributed by atoms with Crippen molar-refractivity contribution >= 4 is 5.91 Å². The Hall–Kier alpha value is -2.29. The van der Waals surface area contributed by atoms with E-state index in [1.165, 1.54) is 11.1 Å². The van der Waals surface area contributed by atoms with Crippen LogP contribution in [0.25, 0.3) is 0 Å². The molecule has 0 unspecified atom stereocenters. The van der Waals surface area contributed by atoms with E-state index in [9.17, 15) is 4.79 Å². The summed E-state index contributed by atoms with van der Waals surface area (Å²) in [6, 6.07) is 14.0. The summed E-state index contributed by atoms with van der Waals surface area (Å²) in [7, 11) is 0. The smallest absolute Gasteiger partial charge is 0.261 e. The number of rotatable bonds is 6. The van der Waals surface area contributed by atoms with Gasteiger partial charge < -0.3 is 10.1 Å². The number of carbonyl (C=O) groups excluding carboxylic acids is 1. The molecule has 0 saturated carbocycles. The van der Waals surface area contributed by atoms with Crippen molar-refractivity contribution < 1.29 is 9.53 Å². The van der Waals surface area contributed by atoms with Crippen LogP contribution < -0.4 is 10.1 Å². The zero-order valence-electron chi connectivity index (χ0n) is 15.2. The van der Waals surface area contributed by atoms with E-state index >= 15 is 0 Å². The maximum absolute atomic E-state index is 12.6. The minimum atomic E-state index is -0.487. The normalized spacial score (nSPS) is 13.2. The summed E-state index contributed by atoms with van der Waals surface area (Å²) in [4.78, 5) is 12.6. The number of benzene rings is 2. The molecule has 128 valence electrons. The molecule has 24 heavy (non-hydrogen) atoms. The Morgan fingerprint density at radius 1 is 1.08 bits per heavy atom. The molecule has 2 aromatic rings. The van der Waals surface area contributed by atoms with Gasteiger partial charge >= 0.3 is 0 Å². The minimum Gasteiger partial charge on any atom is -0.480 e. The summed E-state index contributed by atoms with van der Waals surface area (Å²) in [5.41, 5.74) is 4.59. The van der Waals surface area contributed by atoms with Gasteiger partial charge in [0.1, 0.15) is 5.75 Å². The van der Waals surface area contributed by atoms with Crippen LogP contribution in [-0.2, 0) is 4.79 Å². The molecule has 0 aliphatic rings. The third-order valence-corrected chi connectivity index (χ3v) is 4.28. The van der Waals surface area contributed by atoms with E-state index in [0.717, 1.165) is 16.9 Å². The number of carbonyl (C=O) groups is 1. The fraction of sp³-hybridized carbons (Fsp3) is 0.381. The number of amides is 1. The predicted octanol–water partition coefficient (Wildman–Crippen LogP) is 4.65. The van der Waals surface area contributed by atoms with Crippen molar-refractivity contribution in [1.29, 1.82) is 0 Å². The van der Waals surface area contributed by atoms with E-state index in [2.05, 4.69) is 37.4 Å². The first-order valence-electron chi connectivity index (χ1n) is 8.52. The molecule has 0 heterocycles. The lowest BCUT2D eigenvalue weighted by molar-refractivity contribution is -0.128. The Kier molecular flexibility index (Phi) is 6.02. The van der Waals surface area contributed by atoms with Crippen molar-refractivity contribution in [3.63, 3.8) is 0 Å². The van der Waals surface area contributed by atoms with Gasteiger partial charge in [-0.3, -0.25) is 4.79 Å². The maximum atomic E-state index is 12.6. The van der Waals surface area contributed by atoms with Gasteiger partial charge in [-0.15, -0.1) is 0 Å². The molecule has 1 amide bonds. The van der Waals surface area contributed by atoms with E-state index in [1.807, 2.05) is 45.0 Å². The average molecular weight is 325 g/mol. The molecule has 0 aliphatic heterocycles. The molecular weight excluding hydrogens is 298 g/mol. The summed E-state index contributed by atoms with van der Waals surface area (Å²) in [6.45, 7) is 10.1. The predicted molar refractivity (Wildman–Crippen MR) is 98.4 cm³/mol. The number of nitrogens with one attached hydrogen (secondary N) is 1. The third kappa shape index (κ3) is 4.38. The molecule has 0 saturated heterocycles. The van der Waals surface area contributed by atoms with Gasteiger partial charge in [-0.25, -0.2) is 0 Å². The second-order valence-corrected chi connectivity index (χ2v) is 6.37. The molecule has 3 heteroatoms. The molecule has 2 aromatic carbocycles. The fourth-order valence-corrected chi connectivity index (χ4v) is 2.86. The topological polar surface area (TPSA) is 38.3 Å². The van der Waals surface area contributed by atoms with Crippen LogP contribution in [0.2, 0.25) is 0 Å². The minimum absolute atomic E-state index is 0.0485. The molecule has 0 radical (unpaired) electrons. The van der Waals surface area contributed by atoms with Crippen LogP contribution in [0.1, 0.15) is 48.6 Å². The van der Waals surface area contributed by atoms with Gasteiger partial charge in [-0.05, 0) is 56.9 Å². The highest BCUT2D eigenvalue weighted by Crippen LogP contribution is 2.21. The van der Waals surface area contributed by atoms with E-state index in [4.69, 9.17) is 4.74 Å². The first-order valence-corrected chi connectivity index (χ1v) is 8.52.